The van der Waals surface area contributed by atoms with Crippen molar-refractivity contribution in [3.8, 4) is 0 Å². The SMILES string of the molecule is CC/C=C\C/C=C\C/C=C\C/C=C\C/C=C\CCCCCCCCCCCC(=O)NC(COP(=O)(O)OCC[N+](C)(C)C)C(O)/C=C/CC/C=C/CCCCCCC. The van der Waals surface area contributed by atoms with Crippen molar-refractivity contribution in [3.63, 3.8) is 0 Å². The van der Waals surface area contributed by atoms with Crippen molar-refractivity contribution in [3.05, 3.63) is 85.1 Å². The highest BCUT2D eigenvalue weighted by Gasteiger charge is 2.27. The van der Waals surface area contributed by atoms with Crippen LogP contribution in [0.15, 0.2) is 85.1 Å². The average Bonchev–Trinajstić information content (AvgIpc) is 3.17. The minimum absolute atomic E-state index is 0.0504. The fourth-order valence-electron chi connectivity index (χ4n) is 5.96. The van der Waals surface area contributed by atoms with Crippen LogP contribution in [0, 0.1) is 0 Å². The van der Waals surface area contributed by atoms with E-state index < -0.39 is 20.0 Å². The van der Waals surface area contributed by atoms with Crippen LogP contribution in [0.2, 0.25) is 0 Å². The van der Waals surface area contributed by atoms with Gasteiger partial charge in [-0.2, -0.15) is 0 Å². The third kappa shape index (κ3) is 41.8. The Hall–Kier alpha value is -2.32. The second-order valence-electron chi connectivity index (χ2n) is 16.4. The number of phosphoric ester groups is 1. The third-order valence-corrected chi connectivity index (χ3v) is 10.6. The summed E-state index contributed by atoms with van der Waals surface area (Å²) in [5, 5.41) is 13.8. The third-order valence-electron chi connectivity index (χ3n) is 9.60. The molecule has 0 saturated carbocycles. The predicted octanol–water partition coefficient (Wildman–Crippen LogP) is 13.0. The largest absolute Gasteiger partial charge is 0.472 e. The Bertz CT molecular complexity index is 1220. The monoisotopic (exact) mass is 832 g/mol. The lowest BCUT2D eigenvalue weighted by Crippen LogP contribution is -2.45. The normalized spacial score (nSPS) is 15.1. The number of likely N-dealkylation sites (N-methyl/N-ethyl adjacent to an activating group) is 1. The molecule has 334 valence electrons. The molecular formula is C49H88N2O6P+. The molecule has 0 radical (unpaired) electrons. The lowest BCUT2D eigenvalue weighted by Gasteiger charge is -2.25. The summed E-state index contributed by atoms with van der Waals surface area (Å²) < 4.78 is 23.5. The molecule has 0 aromatic rings. The molecule has 0 aliphatic heterocycles. The van der Waals surface area contributed by atoms with Crippen LogP contribution in [0.25, 0.3) is 0 Å². The van der Waals surface area contributed by atoms with E-state index in [0.29, 0.717) is 17.4 Å². The van der Waals surface area contributed by atoms with Gasteiger partial charge in [0.15, 0.2) is 0 Å². The Kier molecular flexibility index (Phi) is 38.5. The van der Waals surface area contributed by atoms with Gasteiger partial charge in [-0.15, -0.1) is 0 Å². The summed E-state index contributed by atoms with van der Waals surface area (Å²) in [4.78, 5) is 23.1. The summed E-state index contributed by atoms with van der Waals surface area (Å²) in [5.74, 6) is -0.200. The Morgan fingerprint density at radius 2 is 1.05 bits per heavy atom. The predicted molar refractivity (Wildman–Crippen MR) is 249 cm³/mol. The van der Waals surface area contributed by atoms with Gasteiger partial charge in [0.2, 0.25) is 5.91 Å². The maximum Gasteiger partial charge on any atom is 0.472 e. The number of carbonyl (C=O) groups excluding carboxylic acids is 1. The molecule has 8 nitrogen and oxygen atoms in total. The summed E-state index contributed by atoms with van der Waals surface area (Å²) in [7, 11) is 1.53. The first-order valence-corrected chi connectivity index (χ1v) is 24.5. The fourth-order valence-corrected chi connectivity index (χ4v) is 6.70. The number of carbonyl (C=O) groups is 1. The van der Waals surface area contributed by atoms with Gasteiger partial charge in [-0.25, -0.2) is 4.57 Å². The van der Waals surface area contributed by atoms with E-state index in [0.717, 1.165) is 77.0 Å². The second kappa shape index (κ2) is 40.1. The van der Waals surface area contributed by atoms with E-state index in [4.69, 9.17) is 9.05 Å². The van der Waals surface area contributed by atoms with Gasteiger partial charge in [-0.05, 0) is 77.0 Å². The van der Waals surface area contributed by atoms with Gasteiger partial charge in [0, 0.05) is 6.42 Å². The molecule has 0 saturated heterocycles. The number of rotatable bonds is 40. The van der Waals surface area contributed by atoms with E-state index in [1.54, 1.807) is 6.08 Å². The fraction of sp³-hybridized carbons (Fsp3) is 0.694. The molecule has 0 heterocycles. The molecule has 0 aromatic carbocycles. The van der Waals surface area contributed by atoms with Gasteiger partial charge < -0.3 is 19.8 Å². The van der Waals surface area contributed by atoms with Crippen molar-refractivity contribution in [1.82, 2.24) is 5.32 Å². The van der Waals surface area contributed by atoms with Crippen LogP contribution in [0.3, 0.4) is 0 Å². The molecule has 0 aliphatic rings. The van der Waals surface area contributed by atoms with Gasteiger partial charge >= 0.3 is 7.82 Å². The van der Waals surface area contributed by atoms with Crippen LogP contribution in [-0.4, -0.2) is 73.4 Å². The number of aliphatic hydroxyl groups excluding tert-OH is 1. The molecule has 0 fully saturated rings. The number of hydrogen-bond acceptors (Lipinski definition) is 5. The van der Waals surface area contributed by atoms with Crippen LogP contribution in [0.4, 0.5) is 0 Å². The smallest absolute Gasteiger partial charge is 0.387 e. The summed E-state index contributed by atoms with van der Waals surface area (Å²) in [5.41, 5.74) is 0. The number of amides is 1. The first kappa shape index (κ1) is 55.7. The highest BCUT2D eigenvalue weighted by Crippen LogP contribution is 2.43. The van der Waals surface area contributed by atoms with Crippen LogP contribution in [-0.2, 0) is 18.4 Å². The quantitative estimate of drug-likeness (QED) is 0.0246. The number of nitrogens with one attached hydrogen (secondary N) is 1. The zero-order chi connectivity index (χ0) is 42.8. The Morgan fingerprint density at radius 1 is 0.603 bits per heavy atom. The van der Waals surface area contributed by atoms with Gasteiger partial charge in [-0.1, -0.05) is 170 Å². The van der Waals surface area contributed by atoms with E-state index in [-0.39, 0.29) is 19.1 Å². The molecule has 0 aromatic heterocycles. The van der Waals surface area contributed by atoms with Gasteiger partial charge in [0.25, 0.3) is 0 Å². The first-order valence-electron chi connectivity index (χ1n) is 23.0. The summed E-state index contributed by atoms with van der Waals surface area (Å²) in [6.07, 6.45) is 55.2. The van der Waals surface area contributed by atoms with Crippen molar-refractivity contribution in [2.45, 2.75) is 180 Å². The van der Waals surface area contributed by atoms with Crippen molar-refractivity contribution >= 4 is 13.7 Å². The van der Waals surface area contributed by atoms with Crippen LogP contribution >= 0.6 is 7.82 Å². The van der Waals surface area contributed by atoms with Gasteiger partial charge in [0.1, 0.15) is 13.2 Å². The maximum atomic E-state index is 12.9. The topological polar surface area (TPSA) is 105 Å². The van der Waals surface area contributed by atoms with E-state index in [9.17, 15) is 19.4 Å². The molecule has 58 heavy (non-hydrogen) atoms. The van der Waals surface area contributed by atoms with Crippen LogP contribution in [0.5, 0.6) is 0 Å². The highest BCUT2D eigenvalue weighted by molar-refractivity contribution is 7.47. The minimum atomic E-state index is -4.35. The van der Waals surface area contributed by atoms with Gasteiger partial charge in [0.05, 0.1) is 39.9 Å². The summed E-state index contributed by atoms with van der Waals surface area (Å²) in [6.45, 7) is 4.62. The van der Waals surface area contributed by atoms with Crippen LogP contribution < -0.4 is 5.32 Å². The van der Waals surface area contributed by atoms with Crippen LogP contribution in [0.1, 0.15) is 168 Å². The zero-order valence-corrected chi connectivity index (χ0v) is 38.6. The standard InChI is InChI=1S/C49H87N2O6P/c1-6-8-10-12-14-16-18-19-20-21-22-23-24-25-26-27-28-29-30-31-33-35-37-39-41-43-49(53)50-47(46-57-58(54,55)56-45-44-51(3,4)5)48(52)42-40-38-36-34-32-17-15-13-11-9-7-2/h8,10,14,16,19-20,22-23,25-26,32,34,40,42,47-48,52H,6-7,9,11-13,15,17-18,21,24,27-31,33,35-39,41,43-46H2,1-5H3,(H-,50,53,54,55)/p+1/b10-8-,16-14-,20-19-,23-22-,26-25-,34-32+,42-40+. The second-order valence-corrected chi connectivity index (χ2v) is 17.8. The molecule has 1 amide bonds. The molecule has 3 N–H and O–H groups in total. The van der Waals surface area contributed by atoms with E-state index >= 15 is 0 Å². The summed E-state index contributed by atoms with van der Waals surface area (Å²) >= 11 is 0. The number of allylic oxidation sites excluding steroid dienone is 13. The Morgan fingerprint density at radius 3 is 1.59 bits per heavy atom. The van der Waals surface area contributed by atoms with E-state index in [2.05, 4.69) is 92.1 Å². The average molecular weight is 832 g/mol. The molecule has 9 heteroatoms. The molecule has 3 unspecified atom stereocenters. The molecular weight excluding hydrogens is 744 g/mol. The van der Waals surface area contributed by atoms with E-state index in [1.807, 2.05) is 27.2 Å². The van der Waals surface area contributed by atoms with Gasteiger partial charge in [-0.3, -0.25) is 13.8 Å². The Labute approximate surface area is 356 Å². The highest BCUT2D eigenvalue weighted by atomic mass is 31.2. The van der Waals surface area contributed by atoms with Crippen molar-refractivity contribution in [1.29, 1.82) is 0 Å². The number of aliphatic hydroxyl groups is 1. The molecule has 0 aliphatic carbocycles. The molecule has 0 rings (SSSR count). The maximum absolute atomic E-state index is 12.9. The minimum Gasteiger partial charge on any atom is -0.387 e. The lowest BCUT2D eigenvalue weighted by molar-refractivity contribution is -0.870. The number of nitrogens with zero attached hydrogens (tertiary/aromatic N) is 1. The molecule has 0 spiro atoms. The van der Waals surface area contributed by atoms with Crippen molar-refractivity contribution in [2.75, 3.05) is 40.9 Å². The molecule has 3 atom stereocenters. The van der Waals surface area contributed by atoms with E-state index in [1.165, 1.54) is 70.6 Å². The van der Waals surface area contributed by atoms with Crippen molar-refractivity contribution < 1.29 is 32.9 Å². The first-order chi connectivity index (χ1) is 28.0. The Balaban J connectivity index is 4.32. The number of quaternary nitrogens is 1. The molecule has 0 bridgehead atoms. The zero-order valence-electron chi connectivity index (χ0n) is 37.8. The number of unbranched alkanes of at least 4 members (excludes halogenated alkanes) is 15. The van der Waals surface area contributed by atoms with Crippen molar-refractivity contribution in [2.24, 2.45) is 0 Å². The summed E-state index contributed by atoms with van der Waals surface area (Å²) in [6, 6.07) is -0.870. The number of hydrogen-bond donors (Lipinski definition) is 3. The lowest BCUT2D eigenvalue weighted by atomic mass is 10.1. The number of phosphoric acid groups is 1.